The fourth-order valence-electron chi connectivity index (χ4n) is 0.847. The van der Waals surface area contributed by atoms with E-state index in [0.717, 1.165) is 16.0 Å². The van der Waals surface area contributed by atoms with Crippen LogP contribution in [0, 0.1) is 4.51 Å². The third-order valence-electron chi connectivity index (χ3n) is 1.68. The molecule has 13 heavy (non-hydrogen) atoms. The van der Waals surface area contributed by atoms with Gasteiger partial charge in [0.05, 0.1) is 11.5 Å². The molecular formula is C9H12N2S2. The Hall–Kier alpha value is -0.740. The van der Waals surface area contributed by atoms with Crippen molar-refractivity contribution in [2.24, 2.45) is 0 Å². The van der Waals surface area contributed by atoms with E-state index in [9.17, 15) is 0 Å². The normalized spacial score (nSPS) is 9.69. The summed E-state index contributed by atoms with van der Waals surface area (Å²) >= 11 is 10.2. The second-order valence-corrected chi connectivity index (χ2v) is 3.94. The molecule has 0 fully saturated rings. The van der Waals surface area contributed by atoms with E-state index in [-0.39, 0.29) is 0 Å². The molecule has 0 N–H and O–H groups in total. The number of hydrogen-bond donors (Lipinski definition) is 0. The van der Waals surface area contributed by atoms with Gasteiger partial charge < -0.3 is 9.47 Å². The minimum Gasteiger partial charge on any atom is -0.371 e. The molecule has 0 aliphatic carbocycles. The van der Waals surface area contributed by atoms with E-state index in [0.29, 0.717) is 0 Å². The molecule has 0 aromatic carbocycles. The van der Waals surface area contributed by atoms with Gasteiger partial charge in [0.1, 0.15) is 0 Å². The number of pyridine rings is 1. The van der Waals surface area contributed by atoms with Crippen molar-refractivity contribution in [1.29, 1.82) is 0 Å². The summed E-state index contributed by atoms with van der Waals surface area (Å²) in [6.07, 6.45) is 3.89. The maximum atomic E-state index is 5.17. The highest BCUT2D eigenvalue weighted by Crippen LogP contribution is 1.95. The van der Waals surface area contributed by atoms with E-state index in [1.165, 1.54) is 0 Å². The maximum Gasteiger partial charge on any atom is 0.0974 e. The van der Waals surface area contributed by atoms with Gasteiger partial charge in [0.25, 0.3) is 0 Å². The van der Waals surface area contributed by atoms with Crippen molar-refractivity contribution in [3.8, 4) is 0 Å². The van der Waals surface area contributed by atoms with Crippen LogP contribution in [0.15, 0.2) is 24.5 Å². The molecule has 0 aliphatic heterocycles. The quantitative estimate of drug-likeness (QED) is 0.694. The van der Waals surface area contributed by atoms with E-state index >= 15 is 0 Å². The third-order valence-corrected chi connectivity index (χ3v) is 2.44. The highest BCUT2D eigenvalue weighted by molar-refractivity contribution is 7.80. The maximum absolute atomic E-state index is 5.17. The number of aromatic nitrogens is 1. The zero-order chi connectivity index (χ0) is 9.84. The van der Waals surface area contributed by atoms with Gasteiger partial charge in [0.2, 0.25) is 0 Å². The Morgan fingerprint density at radius 2 is 1.92 bits per heavy atom. The Kier molecular flexibility index (Phi) is 3.57. The predicted octanol–water partition coefficient (Wildman–Crippen LogP) is 2.11. The van der Waals surface area contributed by atoms with Crippen LogP contribution < -0.4 is 0 Å². The molecule has 0 atom stereocenters. The first-order valence-corrected chi connectivity index (χ1v) is 4.77. The van der Waals surface area contributed by atoms with Crippen molar-refractivity contribution in [2.75, 3.05) is 14.1 Å². The van der Waals surface area contributed by atoms with E-state index in [4.69, 9.17) is 24.4 Å². The highest BCUT2D eigenvalue weighted by atomic mass is 32.1. The van der Waals surface area contributed by atoms with Gasteiger partial charge in [-0.05, 0) is 12.1 Å². The van der Waals surface area contributed by atoms with Gasteiger partial charge in [-0.25, -0.2) is 0 Å². The average Bonchev–Trinajstić information content (AvgIpc) is 2.08. The summed E-state index contributed by atoms with van der Waals surface area (Å²) in [6, 6.07) is 3.79. The Morgan fingerprint density at radius 3 is 2.38 bits per heavy atom. The van der Waals surface area contributed by atoms with E-state index in [1.807, 2.05) is 48.1 Å². The van der Waals surface area contributed by atoms with Crippen molar-refractivity contribution in [2.45, 2.75) is 6.54 Å². The van der Waals surface area contributed by atoms with Crippen LogP contribution in [0.2, 0.25) is 0 Å². The zero-order valence-corrected chi connectivity index (χ0v) is 9.36. The van der Waals surface area contributed by atoms with Crippen LogP contribution in [0.1, 0.15) is 0 Å². The van der Waals surface area contributed by atoms with Crippen LogP contribution >= 0.6 is 24.4 Å². The lowest BCUT2D eigenvalue weighted by Crippen LogP contribution is -2.24. The Bertz CT molecular complexity index is 334. The first-order valence-electron chi connectivity index (χ1n) is 3.96. The van der Waals surface area contributed by atoms with Crippen molar-refractivity contribution in [1.82, 2.24) is 9.47 Å². The van der Waals surface area contributed by atoms with Crippen LogP contribution in [-0.4, -0.2) is 28.6 Å². The molecule has 0 spiro atoms. The molecule has 4 heteroatoms. The SMILES string of the molecule is CN(C)C(=S)Cn1ccc(=S)cc1. The van der Waals surface area contributed by atoms with Gasteiger partial charge in [-0.1, -0.05) is 24.4 Å². The number of thiocarbonyl (C=S) groups is 1. The summed E-state index contributed by atoms with van der Waals surface area (Å²) < 4.78 is 2.87. The molecule has 0 saturated carbocycles. The summed E-state index contributed by atoms with van der Waals surface area (Å²) in [6.45, 7) is 0.734. The molecule has 0 saturated heterocycles. The van der Waals surface area contributed by atoms with Gasteiger partial charge in [0, 0.05) is 31.0 Å². The molecular weight excluding hydrogens is 200 g/mol. The predicted molar refractivity (Wildman–Crippen MR) is 61.6 cm³/mol. The van der Waals surface area contributed by atoms with Crippen molar-refractivity contribution < 1.29 is 0 Å². The van der Waals surface area contributed by atoms with Gasteiger partial charge in [-0.3, -0.25) is 0 Å². The summed E-state index contributed by atoms with van der Waals surface area (Å²) in [5, 5.41) is 0. The molecule has 1 heterocycles. The summed E-state index contributed by atoms with van der Waals surface area (Å²) in [4.78, 5) is 2.84. The molecule has 0 unspecified atom stereocenters. The molecule has 1 aromatic rings. The second-order valence-electron chi connectivity index (χ2n) is 2.99. The van der Waals surface area contributed by atoms with E-state index < -0.39 is 0 Å². The number of nitrogens with zero attached hydrogens (tertiary/aromatic N) is 2. The highest BCUT2D eigenvalue weighted by Gasteiger charge is 1.97. The first-order chi connectivity index (χ1) is 6.09. The molecule has 1 aromatic heterocycles. The molecule has 0 amide bonds. The van der Waals surface area contributed by atoms with E-state index in [1.54, 1.807) is 0 Å². The summed E-state index contributed by atoms with van der Waals surface area (Å²) in [7, 11) is 3.90. The van der Waals surface area contributed by atoms with Crippen LogP contribution in [0.25, 0.3) is 0 Å². The van der Waals surface area contributed by atoms with Crippen LogP contribution in [-0.2, 0) is 6.54 Å². The molecule has 1 rings (SSSR count). The topological polar surface area (TPSA) is 8.17 Å². The largest absolute Gasteiger partial charge is 0.371 e. The molecule has 0 radical (unpaired) electrons. The smallest absolute Gasteiger partial charge is 0.0974 e. The minimum atomic E-state index is 0.734. The van der Waals surface area contributed by atoms with Gasteiger partial charge >= 0.3 is 0 Å². The lowest BCUT2D eigenvalue weighted by atomic mass is 10.4. The zero-order valence-electron chi connectivity index (χ0n) is 7.73. The summed E-state index contributed by atoms with van der Waals surface area (Å²) in [5.74, 6) is 0. The van der Waals surface area contributed by atoms with Crippen LogP contribution in [0.4, 0.5) is 0 Å². The lowest BCUT2D eigenvalue weighted by Gasteiger charge is -2.14. The fourth-order valence-corrected chi connectivity index (χ4v) is 1.12. The molecule has 2 nitrogen and oxygen atoms in total. The Balaban J connectivity index is 2.70. The molecule has 0 aliphatic rings. The van der Waals surface area contributed by atoms with Crippen molar-refractivity contribution >= 4 is 29.4 Å². The summed E-state index contributed by atoms with van der Waals surface area (Å²) in [5.41, 5.74) is 0. The van der Waals surface area contributed by atoms with E-state index in [2.05, 4.69) is 0 Å². The fraction of sp³-hybridized carbons (Fsp3) is 0.333. The Labute approximate surface area is 88.8 Å². The molecule has 70 valence electrons. The van der Waals surface area contributed by atoms with Gasteiger partial charge in [0.15, 0.2) is 0 Å². The number of hydrogen-bond acceptors (Lipinski definition) is 2. The van der Waals surface area contributed by atoms with Crippen molar-refractivity contribution in [3.63, 3.8) is 0 Å². The third kappa shape index (κ3) is 3.24. The number of likely N-dealkylation sites (N-methyl/N-ethyl adjacent to an activating group) is 1. The van der Waals surface area contributed by atoms with Crippen molar-refractivity contribution in [3.05, 3.63) is 29.0 Å². The molecule has 0 bridgehead atoms. The lowest BCUT2D eigenvalue weighted by molar-refractivity contribution is 0.603. The van der Waals surface area contributed by atoms with Gasteiger partial charge in [-0.2, -0.15) is 0 Å². The standard InChI is InChI=1S/C9H12N2S2/c1-10(2)9(13)7-11-5-3-8(12)4-6-11/h3-6H,7H2,1-2H3. The minimum absolute atomic E-state index is 0.734. The Morgan fingerprint density at radius 1 is 1.38 bits per heavy atom. The number of rotatable bonds is 2. The van der Waals surface area contributed by atoms with Crippen LogP contribution in [0.3, 0.4) is 0 Å². The second kappa shape index (κ2) is 4.48. The van der Waals surface area contributed by atoms with Gasteiger partial charge in [-0.15, -0.1) is 0 Å². The van der Waals surface area contributed by atoms with Crippen LogP contribution in [0.5, 0.6) is 0 Å². The first kappa shape index (κ1) is 10.3. The monoisotopic (exact) mass is 212 g/mol. The average molecular weight is 212 g/mol.